The number of likely N-dealkylation sites (tertiary alicyclic amines) is 2. The molecule has 0 aromatic rings. The number of carbonyl (C=O) groups excluding carboxylic acids is 3. The van der Waals surface area contributed by atoms with Crippen LogP contribution in [0.4, 0.5) is 0 Å². The van der Waals surface area contributed by atoms with E-state index in [4.69, 9.17) is 5.21 Å². The van der Waals surface area contributed by atoms with Crippen LogP contribution >= 0.6 is 0 Å². The average molecular weight is 355 g/mol. The Bertz CT molecular complexity index is 493. The Hall–Kier alpha value is -1.67. The third-order valence-corrected chi connectivity index (χ3v) is 5.18. The summed E-state index contributed by atoms with van der Waals surface area (Å²) in [5.41, 5.74) is 1.41. The predicted molar refractivity (Wildman–Crippen MR) is 89.5 cm³/mol. The molecule has 0 bridgehead atoms. The Labute approximate surface area is 148 Å². The number of carbonyl (C=O) groups is 3. The zero-order chi connectivity index (χ0) is 18.4. The highest BCUT2D eigenvalue weighted by molar-refractivity contribution is 5.92. The van der Waals surface area contributed by atoms with Gasteiger partial charge < -0.3 is 14.9 Å². The average Bonchev–Trinajstić information content (AvgIpc) is 3.31. The van der Waals surface area contributed by atoms with Gasteiger partial charge in [0.05, 0.1) is 5.92 Å². The maximum Gasteiger partial charge on any atom is 0.272 e. The summed E-state index contributed by atoms with van der Waals surface area (Å²) in [7, 11) is 0. The summed E-state index contributed by atoms with van der Waals surface area (Å²) in [6.45, 7) is 3.87. The molecule has 0 aromatic heterocycles. The second-order valence-electron chi connectivity index (χ2n) is 6.89. The van der Waals surface area contributed by atoms with Gasteiger partial charge >= 0.3 is 0 Å². The van der Waals surface area contributed by atoms with Crippen molar-refractivity contribution in [2.75, 3.05) is 19.6 Å². The van der Waals surface area contributed by atoms with Crippen LogP contribution in [0.2, 0.25) is 0 Å². The zero-order valence-electron chi connectivity index (χ0n) is 14.8. The lowest BCUT2D eigenvalue weighted by molar-refractivity contribution is -0.153. The first-order chi connectivity index (χ1) is 12.0. The van der Waals surface area contributed by atoms with Crippen LogP contribution in [-0.2, 0) is 14.4 Å². The Morgan fingerprint density at radius 1 is 1.16 bits per heavy atom. The lowest BCUT2D eigenvalue weighted by Gasteiger charge is -2.31. The second-order valence-corrected chi connectivity index (χ2v) is 6.89. The molecule has 142 valence electrons. The first-order valence-electron chi connectivity index (χ1n) is 9.22. The van der Waals surface area contributed by atoms with E-state index in [1.165, 1.54) is 10.4 Å². The van der Waals surface area contributed by atoms with Crippen molar-refractivity contribution in [1.29, 1.82) is 0 Å². The van der Waals surface area contributed by atoms with Crippen molar-refractivity contribution in [3.05, 3.63) is 0 Å². The molecule has 0 aliphatic carbocycles. The third kappa shape index (κ3) is 4.49. The molecule has 2 fully saturated rings. The Balaban J connectivity index is 2.12. The molecule has 8 nitrogen and oxygen atoms in total. The van der Waals surface area contributed by atoms with Crippen LogP contribution in [0, 0.1) is 5.92 Å². The first-order valence-corrected chi connectivity index (χ1v) is 9.22. The van der Waals surface area contributed by atoms with Crippen molar-refractivity contribution in [3.63, 3.8) is 0 Å². The van der Waals surface area contributed by atoms with E-state index in [-0.39, 0.29) is 11.8 Å². The maximum absolute atomic E-state index is 13.0. The summed E-state index contributed by atoms with van der Waals surface area (Å²) >= 11 is 0. The van der Waals surface area contributed by atoms with Crippen molar-refractivity contribution in [2.24, 2.45) is 5.92 Å². The fourth-order valence-corrected chi connectivity index (χ4v) is 3.74. The van der Waals surface area contributed by atoms with Gasteiger partial charge in [0.2, 0.25) is 11.8 Å². The number of nitrogens with one attached hydrogen (secondary N) is 1. The van der Waals surface area contributed by atoms with Crippen LogP contribution in [0.25, 0.3) is 0 Å². The standard InChI is InChI=1S/C17H29N3O5/c1-2-3-7-12(14(21)15(22)18-25)16(23)20-11-6-8-13(20)17(24)19-9-4-5-10-19/h12-14,21,25H,2-11H2,1H3,(H,18,22)/t12?,13-,14?/m0/s1. The van der Waals surface area contributed by atoms with Crippen molar-refractivity contribution < 1.29 is 24.7 Å². The number of unbranched alkanes of at least 4 members (excludes halogenated alkanes) is 1. The van der Waals surface area contributed by atoms with E-state index in [1.54, 1.807) is 4.90 Å². The van der Waals surface area contributed by atoms with Crippen LogP contribution in [0.1, 0.15) is 51.9 Å². The van der Waals surface area contributed by atoms with E-state index in [0.29, 0.717) is 25.8 Å². The number of amides is 3. The topological polar surface area (TPSA) is 110 Å². The molecule has 8 heteroatoms. The van der Waals surface area contributed by atoms with Gasteiger partial charge in [0, 0.05) is 19.6 Å². The van der Waals surface area contributed by atoms with Crippen LogP contribution in [0.3, 0.4) is 0 Å². The Morgan fingerprint density at radius 3 is 2.44 bits per heavy atom. The third-order valence-electron chi connectivity index (χ3n) is 5.18. The van der Waals surface area contributed by atoms with Gasteiger partial charge in [-0.3, -0.25) is 19.6 Å². The minimum atomic E-state index is -1.62. The molecule has 0 saturated carbocycles. The molecular formula is C17H29N3O5. The first kappa shape index (κ1) is 19.7. The second kappa shape index (κ2) is 9.15. The van der Waals surface area contributed by atoms with Crippen LogP contribution in [0.15, 0.2) is 0 Å². The molecule has 25 heavy (non-hydrogen) atoms. The lowest BCUT2D eigenvalue weighted by Crippen LogP contribution is -2.52. The van der Waals surface area contributed by atoms with Crippen molar-refractivity contribution in [3.8, 4) is 0 Å². The highest BCUT2D eigenvalue weighted by Crippen LogP contribution is 2.26. The van der Waals surface area contributed by atoms with Crippen LogP contribution in [-0.4, -0.2) is 69.6 Å². The fourth-order valence-electron chi connectivity index (χ4n) is 3.74. The fraction of sp³-hybridized carbons (Fsp3) is 0.824. The van der Waals surface area contributed by atoms with Gasteiger partial charge in [-0.05, 0) is 32.1 Å². The molecule has 2 heterocycles. The quantitative estimate of drug-likeness (QED) is 0.449. The summed E-state index contributed by atoms with van der Waals surface area (Å²) in [6.07, 6.45) is 3.53. The van der Waals surface area contributed by atoms with E-state index in [9.17, 15) is 19.5 Å². The van der Waals surface area contributed by atoms with Crippen LogP contribution in [0.5, 0.6) is 0 Å². The molecule has 2 aliphatic rings. The predicted octanol–water partition coefficient (Wildman–Crippen LogP) is 0.273. The lowest BCUT2D eigenvalue weighted by atomic mass is 9.93. The van der Waals surface area contributed by atoms with E-state index in [2.05, 4.69) is 0 Å². The van der Waals surface area contributed by atoms with Gasteiger partial charge in [-0.2, -0.15) is 0 Å². The highest BCUT2D eigenvalue weighted by atomic mass is 16.5. The normalized spacial score (nSPS) is 22.8. The number of hydrogen-bond donors (Lipinski definition) is 3. The van der Waals surface area contributed by atoms with E-state index in [0.717, 1.165) is 38.8 Å². The van der Waals surface area contributed by atoms with Gasteiger partial charge in [-0.25, -0.2) is 5.48 Å². The molecule has 2 rings (SSSR count). The Morgan fingerprint density at radius 2 is 1.84 bits per heavy atom. The van der Waals surface area contributed by atoms with Crippen molar-refractivity contribution >= 4 is 17.7 Å². The molecule has 0 aromatic carbocycles. The highest BCUT2D eigenvalue weighted by Gasteiger charge is 2.42. The largest absolute Gasteiger partial charge is 0.382 e. The molecule has 3 atom stereocenters. The molecule has 3 N–H and O–H groups in total. The number of hydrogen-bond acceptors (Lipinski definition) is 5. The number of rotatable bonds is 7. The summed E-state index contributed by atoms with van der Waals surface area (Å²) in [4.78, 5) is 40.6. The summed E-state index contributed by atoms with van der Waals surface area (Å²) in [6, 6.07) is -0.501. The molecule has 3 amide bonds. The summed E-state index contributed by atoms with van der Waals surface area (Å²) < 4.78 is 0. The molecule has 2 unspecified atom stereocenters. The van der Waals surface area contributed by atoms with E-state index in [1.807, 2.05) is 6.92 Å². The molecule has 2 saturated heterocycles. The maximum atomic E-state index is 13.0. The number of aliphatic hydroxyl groups is 1. The van der Waals surface area contributed by atoms with Crippen molar-refractivity contribution in [2.45, 2.75) is 64.0 Å². The molecule has 0 radical (unpaired) electrons. The zero-order valence-corrected chi connectivity index (χ0v) is 14.8. The SMILES string of the molecule is CCCCC(C(=O)N1CCC[C@H]1C(=O)N1CCCC1)C(O)C(=O)NO. The number of nitrogens with zero attached hydrogens (tertiary/aromatic N) is 2. The van der Waals surface area contributed by atoms with Gasteiger partial charge in [0.25, 0.3) is 5.91 Å². The van der Waals surface area contributed by atoms with Gasteiger partial charge in [-0.15, -0.1) is 0 Å². The molecule has 0 spiro atoms. The van der Waals surface area contributed by atoms with E-state index < -0.39 is 24.0 Å². The molecular weight excluding hydrogens is 326 g/mol. The summed E-state index contributed by atoms with van der Waals surface area (Å²) in [5, 5.41) is 18.9. The molecule has 2 aliphatic heterocycles. The van der Waals surface area contributed by atoms with Gasteiger partial charge in [-0.1, -0.05) is 19.8 Å². The van der Waals surface area contributed by atoms with Crippen molar-refractivity contribution in [1.82, 2.24) is 15.3 Å². The number of hydroxylamine groups is 1. The minimum Gasteiger partial charge on any atom is -0.382 e. The van der Waals surface area contributed by atoms with Gasteiger partial charge in [0.15, 0.2) is 0 Å². The van der Waals surface area contributed by atoms with Crippen LogP contribution < -0.4 is 5.48 Å². The number of aliphatic hydroxyl groups excluding tert-OH is 1. The smallest absolute Gasteiger partial charge is 0.272 e. The Kier molecular flexibility index (Phi) is 7.19. The van der Waals surface area contributed by atoms with Gasteiger partial charge in [0.1, 0.15) is 12.1 Å². The monoisotopic (exact) mass is 355 g/mol. The minimum absolute atomic E-state index is 0.0290. The summed E-state index contributed by atoms with van der Waals surface area (Å²) in [5.74, 6) is -2.34. The van der Waals surface area contributed by atoms with E-state index >= 15 is 0 Å².